The zero-order chi connectivity index (χ0) is 26.9. The van der Waals surface area contributed by atoms with Crippen LogP contribution >= 0.6 is 0 Å². The molecule has 4 aromatic heterocycles. The molecule has 2 saturated heterocycles. The number of amides is 1. The maximum absolute atomic E-state index is 13.7. The molecule has 0 atom stereocenters. The highest BCUT2D eigenvalue weighted by Gasteiger charge is 2.28. The standard InChI is InChI=1S/C27H33N9O3/c1-33(2)19-7-9-35(10-8-19)25-20(15-22-24(31-25)32-27(39-22)36-11-13-38-14-12-36)26(37)30-23-6-4-5-21(29-23)18-16-28-34(3)17-18/h4-6,15-17,19H,7-14H2,1-3H3,(H,29,30,37). The summed E-state index contributed by atoms with van der Waals surface area (Å²) in [6.07, 6.45) is 5.61. The quantitative estimate of drug-likeness (QED) is 0.398. The molecule has 2 aliphatic heterocycles. The second kappa shape index (κ2) is 10.6. The van der Waals surface area contributed by atoms with E-state index in [1.54, 1.807) is 23.0 Å². The topological polar surface area (TPSA) is 118 Å². The van der Waals surface area contributed by atoms with Crippen molar-refractivity contribution in [2.45, 2.75) is 18.9 Å². The number of hydrogen-bond acceptors (Lipinski definition) is 10. The highest BCUT2D eigenvalue weighted by Crippen LogP contribution is 2.30. The number of nitrogens with zero attached hydrogens (tertiary/aromatic N) is 8. The molecule has 2 fully saturated rings. The van der Waals surface area contributed by atoms with E-state index in [9.17, 15) is 4.79 Å². The van der Waals surface area contributed by atoms with E-state index in [4.69, 9.17) is 14.1 Å². The Morgan fingerprint density at radius 3 is 2.56 bits per heavy atom. The van der Waals surface area contributed by atoms with Gasteiger partial charge in [-0.1, -0.05) is 6.07 Å². The van der Waals surface area contributed by atoms with Crippen molar-refractivity contribution in [1.82, 2.24) is 29.6 Å². The van der Waals surface area contributed by atoms with Gasteiger partial charge in [0, 0.05) is 57.1 Å². The molecule has 204 valence electrons. The first-order valence-electron chi connectivity index (χ1n) is 13.3. The second-order valence-corrected chi connectivity index (χ2v) is 10.2. The van der Waals surface area contributed by atoms with Gasteiger partial charge in [-0.05, 0) is 39.1 Å². The predicted molar refractivity (Wildman–Crippen MR) is 148 cm³/mol. The molecule has 0 aliphatic carbocycles. The minimum atomic E-state index is -0.297. The Balaban J connectivity index is 1.32. The molecule has 1 N–H and O–H groups in total. The Morgan fingerprint density at radius 1 is 1.05 bits per heavy atom. The van der Waals surface area contributed by atoms with Gasteiger partial charge in [-0.3, -0.25) is 9.48 Å². The summed E-state index contributed by atoms with van der Waals surface area (Å²) in [6.45, 7) is 4.23. The Bertz CT molecular complexity index is 1470. The second-order valence-electron chi connectivity index (χ2n) is 10.2. The van der Waals surface area contributed by atoms with Gasteiger partial charge in [0.15, 0.2) is 5.58 Å². The van der Waals surface area contributed by atoms with Gasteiger partial charge in [0.2, 0.25) is 5.65 Å². The maximum Gasteiger partial charge on any atom is 0.300 e. The minimum absolute atomic E-state index is 0.297. The van der Waals surface area contributed by atoms with Crippen LogP contribution in [0, 0.1) is 0 Å². The van der Waals surface area contributed by atoms with E-state index in [1.165, 1.54) is 0 Å². The molecule has 39 heavy (non-hydrogen) atoms. The number of carbonyl (C=O) groups excluding carboxylic acids is 1. The minimum Gasteiger partial charge on any atom is -0.422 e. The first-order chi connectivity index (χ1) is 18.9. The summed E-state index contributed by atoms with van der Waals surface area (Å²) in [6, 6.07) is 8.29. The Labute approximate surface area is 226 Å². The number of carbonyl (C=O) groups is 1. The lowest BCUT2D eigenvalue weighted by Gasteiger charge is -2.36. The fourth-order valence-electron chi connectivity index (χ4n) is 5.14. The number of aromatic nitrogens is 5. The van der Waals surface area contributed by atoms with Crippen molar-refractivity contribution in [3.63, 3.8) is 0 Å². The highest BCUT2D eigenvalue weighted by atomic mass is 16.5. The number of oxazole rings is 1. The number of nitrogens with one attached hydrogen (secondary N) is 1. The van der Waals surface area contributed by atoms with E-state index in [2.05, 4.69) is 44.3 Å². The van der Waals surface area contributed by atoms with Gasteiger partial charge in [0.05, 0.1) is 30.7 Å². The zero-order valence-electron chi connectivity index (χ0n) is 22.5. The Hall–Kier alpha value is -4.03. The summed E-state index contributed by atoms with van der Waals surface area (Å²) in [7, 11) is 6.08. The van der Waals surface area contributed by atoms with Crippen LogP contribution in [-0.2, 0) is 11.8 Å². The number of ether oxygens (including phenoxy) is 1. The van der Waals surface area contributed by atoms with E-state index in [0.717, 1.165) is 37.2 Å². The number of rotatable bonds is 6. The number of anilines is 3. The summed E-state index contributed by atoms with van der Waals surface area (Å²) >= 11 is 0. The van der Waals surface area contributed by atoms with Gasteiger partial charge in [-0.15, -0.1) is 0 Å². The van der Waals surface area contributed by atoms with Crippen molar-refractivity contribution in [3.05, 3.63) is 42.2 Å². The van der Waals surface area contributed by atoms with Crippen molar-refractivity contribution >= 4 is 34.8 Å². The SMILES string of the molecule is CN(C)C1CCN(c2nc3nc(N4CCOCC4)oc3cc2C(=O)Nc2cccc(-c3cnn(C)c3)n2)CC1. The van der Waals surface area contributed by atoms with Crippen LogP contribution in [0.15, 0.2) is 41.1 Å². The maximum atomic E-state index is 13.7. The van der Waals surface area contributed by atoms with Crippen LogP contribution in [0.2, 0.25) is 0 Å². The molecule has 1 amide bonds. The molecule has 0 unspecified atom stereocenters. The van der Waals surface area contributed by atoms with Gasteiger partial charge in [0.25, 0.3) is 11.9 Å². The number of pyridine rings is 2. The van der Waals surface area contributed by atoms with Crippen LogP contribution in [0.25, 0.3) is 22.5 Å². The molecular weight excluding hydrogens is 498 g/mol. The fraction of sp³-hybridized carbons (Fsp3) is 0.444. The van der Waals surface area contributed by atoms with E-state index in [0.29, 0.717) is 66.8 Å². The summed E-state index contributed by atoms with van der Waals surface area (Å²) in [5.41, 5.74) is 3.01. The Kier molecular flexibility index (Phi) is 6.88. The largest absolute Gasteiger partial charge is 0.422 e. The smallest absolute Gasteiger partial charge is 0.300 e. The van der Waals surface area contributed by atoms with E-state index < -0.39 is 0 Å². The van der Waals surface area contributed by atoms with Crippen molar-refractivity contribution in [3.8, 4) is 11.3 Å². The van der Waals surface area contributed by atoms with Crippen molar-refractivity contribution in [2.75, 3.05) is 68.6 Å². The van der Waals surface area contributed by atoms with Crippen LogP contribution in [-0.4, -0.2) is 95.1 Å². The van der Waals surface area contributed by atoms with Crippen LogP contribution in [0.3, 0.4) is 0 Å². The third kappa shape index (κ3) is 5.30. The average Bonchev–Trinajstić information content (AvgIpc) is 3.59. The molecule has 12 heteroatoms. The van der Waals surface area contributed by atoms with Gasteiger partial charge < -0.3 is 29.2 Å². The molecule has 12 nitrogen and oxygen atoms in total. The molecule has 0 spiro atoms. The highest BCUT2D eigenvalue weighted by molar-refractivity contribution is 6.08. The summed E-state index contributed by atoms with van der Waals surface area (Å²) in [4.78, 5) is 34.4. The number of morpholine rings is 1. The first kappa shape index (κ1) is 25.3. The molecule has 0 saturated carbocycles. The van der Waals surface area contributed by atoms with Crippen molar-refractivity contribution in [1.29, 1.82) is 0 Å². The monoisotopic (exact) mass is 531 g/mol. The number of piperidine rings is 1. The van der Waals surface area contributed by atoms with Gasteiger partial charge >= 0.3 is 0 Å². The number of aryl methyl sites for hydroxylation is 1. The molecule has 0 bridgehead atoms. The van der Waals surface area contributed by atoms with Crippen molar-refractivity contribution < 1.29 is 13.9 Å². The van der Waals surface area contributed by atoms with Gasteiger partial charge in [-0.25, -0.2) is 9.97 Å². The lowest BCUT2D eigenvalue weighted by atomic mass is 10.0. The van der Waals surface area contributed by atoms with Crippen LogP contribution in [0.5, 0.6) is 0 Å². The summed E-state index contributed by atoms with van der Waals surface area (Å²) in [5.74, 6) is 0.766. The van der Waals surface area contributed by atoms with Gasteiger partial charge in [-0.2, -0.15) is 10.1 Å². The summed E-state index contributed by atoms with van der Waals surface area (Å²) in [5, 5.41) is 7.20. The lowest BCUT2D eigenvalue weighted by molar-refractivity contribution is 0.102. The molecule has 2 aliphatic rings. The first-order valence-corrected chi connectivity index (χ1v) is 13.3. The molecule has 0 radical (unpaired) electrons. The Morgan fingerprint density at radius 2 is 1.85 bits per heavy atom. The lowest BCUT2D eigenvalue weighted by Crippen LogP contribution is -2.42. The van der Waals surface area contributed by atoms with E-state index in [-0.39, 0.29) is 5.91 Å². The van der Waals surface area contributed by atoms with Crippen LogP contribution in [0.4, 0.5) is 17.7 Å². The fourth-order valence-corrected chi connectivity index (χ4v) is 5.14. The summed E-state index contributed by atoms with van der Waals surface area (Å²) < 4.78 is 13.3. The van der Waals surface area contributed by atoms with Crippen molar-refractivity contribution in [2.24, 2.45) is 7.05 Å². The zero-order valence-corrected chi connectivity index (χ0v) is 22.5. The number of hydrogen-bond donors (Lipinski definition) is 1. The normalized spacial score (nSPS) is 16.8. The molecule has 6 rings (SSSR count). The average molecular weight is 532 g/mol. The van der Waals surface area contributed by atoms with Gasteiger partial charge in [0.1, 0.15) is 11.6 Å². The van der Waals surface area contributed by atoms with Crippen LogP contribution < -0.4 is 15.1 Å². The molecule has 0 aromatic carbocycles. The third-order valence-electron chi connectivity index (χ3n) is 7.36. The third-order valence-corrected chi connectivity index (χ3v) is 7.36. The van der Waals surface area contributed by atoms with E-state index in [1.807, 2.05) is 30.3 Å². The molecule has 4 aromatic rings. The van der Waals surface area contributed by atoms with E-state index >= 15 is 0 Å². The number of fused-ring (bicyclic) bond motifs is 1. The molecule has 6 heterocycles. The molecular formula is C27H33N9O3. The predicted octanol–water partition coefficient (Wildman–Crippen LogP) is 2.64. The van der Waals surface area contributed by atoms with Crippen LogP contribution in [0.1, 0.15) is 23.2 Å².